The van der Waals surface area contributed by atoms with Gasteiger partial charge in [0.15, 0.2) is 4.34 Å². The number of alkyl halides is 3. The maximum Gasteiger partial charge on any atom is 0.573 e. The van der Waals surface area contributed by atoms with Crippen molar-refractivity contribution in [1.29, 1.82) is 0 Å². The van der Waals surface area contributed by atoms with Gasteiger partial charge in [-0.15, -0.1) is 24.5 Å². The predicted molar refractivity (Wildman–Crippen MR) is 90.8 cm³/mol. The Morgan fingerprint density at radius 2 is 1.92 bits per heavy atom. The van der Waals surface area contributed by atoms with E-state index < -0.39 is 12.4 Å². The Morgan fingerprint density at radius 1 is 1.16 bits per heavy atom. The lowest BCUT2D eigenvalue weighted by Crippen LogP contribution is -2.22. The molecule has 2 aromatic carbocycles. The number of carbonyl (C=O) groups is 1. The summed E-state index contributed by atoms with van der Waals surface area (Å²) in [4.78, 5) is 16.0. The van der Waals surface area contributed by atoms with E-state index in [-0.39, 0.29) is 5.75 Å². The van der Waals surface area contributed by atoms with Crippen LogP contribution in [-0.2, 0) is 0 Å². The highest BCUT2D eigenvalue weighted by atomic mass is 32.2. The van der Waals surface area contributed by atoms with Crippen molar-refractivity contribution in [3.63, 3.8) is 0 Å². The van der Waals surface area contributed by atoms with Crippen molar-refractivity contribution in [2.75, 3.05) is 5.32 Å². The molecular formula is C15H10F3N3O2S2. The molecule has 0 spiro atoms. The maximum atomic E-state index is 12.2. The average molecular weight is 385 g/mol. The standard InChI is InChI=1S/C15H10F3N3O2S2/c16-15(17,18)23-10-6-7-11-12(8-10)24-14(20-11)25-21-13(22)19-9-4-2-1-3-5-9/h1-8H,(H2,19,21,22). The molecule has 3 rings (SSSR count). The molecule has 5 nitrogen and oxygen atoms in total. The molecule has 0 bridgehead atoms. The minimum absolute atomic E-state index is 0.310. The number of urea groups is 1. The first-order valence-electron chi connectivity index (χ1n) is 6.84. The van der Waals surface area contributed by atoms with Gasteiger partial charge in [-0.2, -0.15) is 0 Å². The van der Waals surface area contributed by atoms with Crippen LogP contribution in [0.25, 0.3) is 10.2 Å². The highest BCUT2D eigenvalue weighted by Crippen LogP contribution is 2.32. The van der Waals surface area contributed by atoms with E-state index in [9.17, 15) is 18.0 Å². The first kappa shape index (κ1) is 17.4. The second-order valence-corrected chi connectivity index (χ2v) is 6.77. The fraction of sp³-hybridized carbons (Fsp3) is 0.0667. The van der Waals surface area contributed by atoms with Gasteiger partial charge in [-0.05, 0) is 30.3 Å². The topological polar surface area (TPSA) is 63.2 Å². The quantitative estimate of drug-likeness (QED) is 0.619. The summed E-state index contributed by atoms with van der Waals surface area (Å²) >= 11 is 2.12. The molecule has 0 aliphatic heterocycles. The van der Waals surface area contributed by atoms with Crippen LogP contribution in [0.15, 0.2) is 52.9 Å². The SMILES string of the molecule is O=C(NSc1nc2ccc(OC(F)(F)F)cc2s1)Nc1ccccc1. The number of nitrogens with one attached hydrogen (secondary N) is 2. The normalized spacial score (nSPS) is 11.3. The number of amides is 2. The van der Waals surface area contributed by atoms with Crippen LogP contribution in [-0.4, -0.2) is 17.4 Å². The third-order valence-corrected chi connectivity index (χ3v) is 4.70. The van der Waals surface area contributed by atoms with Gasteiger partial charge in [-0.25, -0.2) is 9.78 Å². The monoisotopic (exact) mass is 385 g/mol. The lowest BCUT2D eigenvalue weighted by molar-refractivity contribution is -0.274. The van der Waals surface area contributed by atoms with Crippen LogP contribution < -0.4 is 14.8 Å². The van der Waals surface area contributed by atoms with Crippen LogP contribution in [0.3, 0.4) is 0 Å². The molecule has 10 heteroatoms. The summed E-state index contributed by atoms with van der Waals surface area (Å²) in [6.07, 6.45) is -4.74. The second kappa shape index (κ2) is 7.19. The van der Waals surface area contributed by atoms with E-state index in [0.717, 1.165) is 23.3 Å². The first-order valence-corrected chi connectivity index (χ1v) is 8.47. The molecule has 0 aliphatic carbocycles. The summed E-state index contributed by atoms with van der Waals surface area (Å²) in [5.74, 6) is -0.310. The van der Waals surface area contributed by atoms with E-state index in [0.29, 0.717) is 20.2 Å². The van der Waals surface area contributed by atoms with Gasteiger partial charge in [-0.3, -0.25) is 4.72 Å². The Morgan fingerprint density at radius 3 is 2.64 bits per heavy atom. The zero-order valence-corrected chi connectivity index (χ0v) is 14.0. The van der Waals surface area contributed by atoms with Gasteiger partial charge in [0.2, 0.25) is 0 Å². The number of carbonyl (C=O) groups excluding carboxylic acids is 1. The number of ether oxygens (including phenoxy) is 1. The van der Waals surface area contributed by atoms with E-state index in [2.05, 4.69) is 19.8 Å². The van der Waals surface area contributed by atoms with Gasteiger partial charge in [-0.1, -0.05) is 18.2 Å². The number of thiazole rings is 1. The van der Waals surface area contributed by atoms with Crippen LogP contribution in [0.1, 0.15) is 0 Å². The summed E-state index contributed by atoms with van der Waals surface area (Å²) in [6.45, 7) is 0. The molecular weight excluding hydrogens is 375 g/mol. The molecule has 0 atom stereocenters. The fourth-order valence-corrected chi connectivity index (χ4v) is 3.55. The van der Waals surface area contributed by atoms with Crippen LogP contribution in [0.2, 0.25) is 0 Å². The molecule has 1 heterocycles. The maximum absolute atomic E-state index is 12.2. The lowest BCUT2D eigenvalue weighted by Gasteiger charge is -2.07. The number of halogens is 3. The van der Waals surface area contributed by atoms with Crippen molar-refractivity contribution in [2.45, 2.75) is 10.7 Å². The highest BCUT2D eigenvalue weighted by molar-refractivity contribution is 7.99. The molecule has 0 saturated carbocycles. The molecule has 0 saturated heterocycles. The Labute approximate surface area is 148 Å². The molecule has 0 fully saturated rings. The van der Waals surface area contributed by atoms with Gasteiger partial charge in [0.25, 0.3) is 0 Å². The van der Waals surface area contributed by atoms with Crippen LogP contribution in [0, 0.1) is 0 Å². The van der Waals surface area contributed by atoms with Crippen molar-refractivity contribution < 1.29 is 22.7 Å². The molecule has 2 amide bonds. The minimum atomic E-state index is -4.74. The second-order valence-electron chi connectivity index (χ2n) is 4.68. The molecule has 25 heavy (non-hydrogen) atoms. The summed E-state index contributed by atoms with van der Waals surface area (Å²) in [5.41, 5.74) is 1.16. The summed E-state index contributed by atoms with van der Waals surface area (Å²) < 4.78 is 44.2. The zero-order valence-electron chi connectivity index (χ0n) is 12.3. The predicted octanol–water partition coefficient (Wildman–Crippen LogP) is 5.02. The summed E-state index contributed by atoms with van der Waals surface area (Å²) in [6, 6.07) is 12.3. The van der Waals surface area contributed by atoms with E-state index >= 15 is 0 Å². The molecule has 0 unspecified atom stereocenters. The van der Waals surface area contributed by atoms with Gasteiger partial charge < -0.3 is 10.1 Å². The van der Waals surface area contributed by atoms with Crippen molar-refractivity contribution >= 4 is 45.2 Å². The number of para-hydroxylation sites is 1. The van der Waals surface area contributed by atoms with E-state index in [1.54, 1.807) is 24.3 Å². The third kappa shape index (κ3) is 5.00. The number of aromatic nitrogens is 1. The molecule has 0 radical (unpaired) electrons. The van der Waals surface area contributed by atoms with Crippen LogP contribution in [0.5, 0.6) is 5.75 Å². The summed E-state index contributed by atoms with van der Waals surface area (Å²) in [7, 11) is 0. The Hall–Kier alpha value is -2.46. The van der Waals surface area contributed by atoms with Crippen molar-refractivity contribution in [1.82, 2.24) is 9.71 Å². The Kier molecular flexibility index (Phi) is 5.00. The highest BCUT2D eigenvalue weighted by Gasteiger charge is 2.31. The van der Waals surface area contributed by atoms with E-state index in [1.807, 2.05) is 6.07 Å². The van der Waals surface area contributed by atoms with E-state index in [1.165, 1.54) is 18.2 Å². The number of rotatable bonds is 4. The number of hydrogen-bond acceptors (Lipinski definition) is 5. The van der Waals surface area contributed by atoms with Gasteiger partial charge in [0.05, 0.1) is 10.2 Å². The van der Waals surface area contributed by atoms with Crippen LogP contribution >= 0.6 is 23.3 Å². The molecule has 2 N–H and O–H groups in total. The number of benzene rings is 2. The van der Waals surface area contributed by atoms with Gasteiger partial charge >= 0.3 is 12.4 Å². The molecule has 1 aromatic heterocycles. The summed E-state index contributed by atoms with van der Waals surface area (Å²) in [5, 5.41) is 2.64. The lowest BCUT2D eigenvalue weighted by atomic mass is 10.3. The van der Waals surface area contributed by atoms with E-state index in [4.69, 9.17) is 0 Å². The number of nitrogens with zero attached hydrogens (tertiary/aromatic N) is 1. The van der Waals surface area contributed by atoms with Gasteiger partial charge in [0.1, 0.15) is 5.75 Å². The molecule has 0 aliphatic rings. The third-order valence-electron chi connectivity index (χ3n) is 2.84. The largest absolute Gasteiger partial charge is 0.573 e. The minimum Gasteiger partial charge on any atom is -0.406 e. The van der Waals surface area contributed by atoms with Crippen molar-refractivity contribution in [3.05, 3.63) is 48.5 Å². The number of anilines is 1. The number of hydrogen-bond donors (Lipinski definition) is 2. The van der Waals surface area contributed by atoms with Crippen molar-refractivity contribution in [2.24, 2.45) is 0 Å². The Balaban J connectivity index is 1.63. The van der Waals surface area contributed by atoms with Gasteiger partial charge in [0, 0.05) is 17.6 Å². The van der Waals surface area contributed by atoms with Crippen LogP contribution in [0.4, 0.5) is 23.7 Å². The van der Waals surface area contributed by atoms with Crippen molar-refractivity contribution in [3.8, 4) is 5.75 Å². The Bertz CT molecular complexity index is 885. The average Bonchev–Trinajstić information content (AvgIpc) is 2.94. The first-order chi connectivity index (χ1) is 11.9. The smallest absolute Gasteiger partial charge is 0.406 e. The molecule has 130 valence electrons. The molecule has 3 aromatic rings. The number of fused-ring (bicyclic) bond motifs is 1. The fourth-order valence-electron chi connectivity index (χ4n) is 1.89. The zero-order chi connectivity index (χ0) is 17.9.